The van der Waals surface area contributed by atoms with Crippen molar-refractivity contribution in [2.45, 2.75) is 45.2 Å². The highest BCUT2D eigenvalue weighted by molar-refractivity contribution is 6.32. The van der Waals surface area contributed by atoms with Gasteiger partial charge in [0.15, 0.2) is 5.65 Å². The lowest BCUT2D eigenvalue weighted by atomic mass is 9.93. The van der Waals surface area contributed by atoms with Gasteiger partial charge in [-0.3, -0.25) is 0 Å². The fourth-order valence-corrected chi connectivity index (χ4v) is 4.28. The number of hydrogen-bond donors (Lipinski definition) is 2. The molecule has 0 saturated carbocycles. The van der Waals surface area contributed by atoms with Crippen molar-refractivity contribution in [3.63, 3.8) is 0 Å². The van der Waals surface area contributed by atoms with Gasteiger partial charge in [-0.2, -0.15) is 5.10 Å². The summed E-state index contributed by atoms with van der Waals surface area (Å²) in [6, 6.07) is 3.19. The molecule has 1 aliphatic rings. The first-order valence-corrected chi connectivity index (χ1v) is 9.69. The first-order valence-electron chi connectivity index (χ1n) is 9.31. The first kappa shape index (κ1) is 19.4. The molecule has 2 atom stereocenters. The Morgan fingerprint density at radius 3 is 2.69 bits per heavy atom. The van der Waals surface area contributed by atoms with E-state index in [4.69, 9.17) is 27.2 Å². The number of esters is 1. The van der Waals surface area contributed by atoms with E-state index in [1.54, 1.807) is 12.1 Å². The van der Waals surface area contributed by atoms with E-state index < -0.39 is 5.97 Å². The molecule has 0 amide bonds. The van der Waals surface area contributed by atoms with Crippen LogP contribution in [-0.4, -0.2) is 32.8 Å². The lowest BCUT2D eigenvalue weighted by Gasteiger charge is -2.20. The van der Waals surface area contributed by atoms with Crippen molar-refractivity contribution in [3.05, 3.63) is 40.3 Å². The Kier molecular flexibility index (Phi) is 4.42. The van der Waals surface area contributed by atoms with E-state index in [1.165, 1.54) is 13.4 Å². The van der Waals surface area contributed by atoms with E-state index in [2.05, 4.69) is 43.0 Å². The number of halogens is 1. The molecule has 0 radical (unpaired) electrons. The number of fused-ring (bicyclic) bond motifs is 2. The minimum atomic E-state index is -0.437. The van der Waals surface area contributed by atoms with E-state index in [-0.39, 0.29) is 17.5 Å². The Bertz CT molecular complexity index is 1130. The fourth-order valence-electron chi connectivity index (χ4n) is 3.89. The Labute approximate surface area is 173 Å². The molecule has 3 N–H and O–H groups in total. The summed E-state index contributed by atoms with van der Waals surface area (Å²) in [6.45, 7) is 8.24. The van der Waals surface area contributed by atoms with Crippen molar-refractivity contribution < 1.29 is 9.53 Å². The second-order valence-electron chi connectivity index (χ2n) is 8.25. The number of anilines is 2. The van der Waals surface area contributed by atoms with E-state index in [0.717, 1.165) is 22.3 Å². The van der Waals surface area contributed by atoms with E-state index in [0.29, 0.717) is 22.1 Å². The van der Waals surface area contributed by atoms with Crippen LogP contribution >= 0.6 is 11.6 Å². The Morgan fingerprint density at radius 1 is 1.31 bits per heavy atom. The zero-order valence-corrected chi connectivity index (χ0v) is 17.7. The average molecular weight is 415 g/mol. The van der Waals surface area contributed by atoms with Crippen molar-refractivity contribution in [2.24, 2.45) is 0 Å². The van der Waals surface area contributed by atoms with Gasteiger partial charge in [-0.15, -0.1) is 0 Å². The summed E-state index contributed by atoms with van der Waals surface area (Å²) >= 11 is 6.53. The predicted octanol–water partition coefficient (Wildman–Crippen LogP) is 3.87. The molecular formula is C20H23ClN6O2. The molecule has 152 valence electrons. The summed E-state index contributed by atoms with van der Waals surface area (Å²) in [4.78, 5) is 20.6. The highest BCUT2D eigenvalue weighted by Gasteiger charge is 2.37. The topological polar surface area (TPSA) is 108 Å². The van der Waals surface area contributed by atoms with Gasteiger partial charge in [-0.25, -0.2) is 19.4 Å². The molecule has 0 bridgehead atoms. The smallest absolute Gasteiger partial charge is 0.337 e. The molecule has 1 aromatic carbocycles. The van der Waals surface area contributed by atoms with Crippen molar-refractivity contribution in [1.82, 2.24) is 19.7 Å². The van der Waals surface area contributed by atoms with Gasteiger partial charge >= 0.3 is 5.97 Å². The van der Waals surface area contributed by atoms with Gasteiger partial charge in [0.05, 0.1) is 35.3 Å². The molecule has 1 aliphatic heterocycles. The number of hydrogen-bond acceptors (Lipinski definition) is 7. The van der Waals surface area contributed by atoms with Gasteiger partial charge in [0.1, 0.15) is 12.1 Å². The normalized spacial score (nSPS) is 18.6. The molecule has 29 heavy (non-hydrogen) atoms. The number of benzene rings is 1. The summed E-state index contributed by atoms with van der Waals surface area (Å²) in [5.74, 6) is -0.0603. The molecule has 3 aromatic rings. The molecule has 0 fully saturated rings. The van der Waals surface area contributed by atoms with Crippen LogP contribution in [0.25, 0.3) is 11.0 Å². The Hall–Kier alpha value is -2.87. The number of carbonyl (C=O) groups excluding carboxylic acids is 1. The highest BCUT2D eigenvalue weighted by atomic mass is 35.5. The average Bonchev–Trinajstić information content (AvgIpc) is 3.20. The molecular weight excluding hydrogens is 392 g/mol. The minimum Gasteiger partial charge on any atom is -0.465 e. The number of aromatic nitrogens is 4. The van der Waals surface area contributed by atoms with Gasteiger partial charge in [-0.1, -0.05) is 18.5 Å². The third-order valence-electron chi connectivity index (χ3n) is 5.27. The molecule has 3 heterocycles. The van der Waals surface area contributed by atoms with Crippen molar-refractivity contribution in [1.29, 1.82) is 0 Å². The fraction of sp³-hybridized carbons (Fsp3) is 0.400. The lowest BCUT2D eigenvalue weighted by Crippen LogP contribution is -2.24. The number of carbonyl (C=O) groups is 1. The number of nitrogens with one attached hydrogen (secondary N) is 1. The van der Waals surface area contributed by atoms with Crippen LogP contribution in [0.5, 0.6) is 0 Å². The molecule has 0 spiro atoms. The molecule has 0 saturated heterocycles. The number of methoxy groups -OCH3 is 1. The SMILES string of the molecule is COC(=O)c1cc(Cl)c2c(c1)NC(c1nn(C(C)(C)C)c3ncnc(N)c13)C2C. The number of rotatable bonds is 2. The molecule has 9 heteroatoms. The maximum Gasteiger partial charge on any atom is 0.337 e. The summed E-state index contributed by atoms with van der Waals surface area (Å²) in [5, 5.41) is 9.58. The maximum atomic E-state index is 12.0. The van der Waals surface area contributed by atoms with Crippen LogP contribution < -0.4 is 11.1 Å². The van der Waals surface area contributed by atoms with Crippen molar-refractivity contribution in [2.75, 3.05) is 18.2 Å². The van der Waals surface area contributed by atoms with Gasteiger partial charge in [0.2, 0.25) is 0 Å². The van der Waals surface area contributed by atoms with Crippen LogP contribution in [0.3, 0.4) is 0 Å². The highest BCUT2D eigenvalue weighted by Crippen LogP contribution is 2.49. The molecule has 4 rings (SSSR count). The summed E-state index contributed by atoms with van der Waals surface area (Å²) < 4.78 is 6.70. The van der Waals surface area contributed by atoms with E-state index in [9.17, 15) is 4.79 Å². The van der Waals surface area contributed by atoms with Gasteiger partial charge in [-0.05, 0) is 38.5 Å². The predicted molar refractivity (Wildman–Crippen MR) is 112 cm³/mol. The zero-order chi connectivity index (χ0) is 21.1. The van der Waals surface area contributed by atoms with Crippen LogP contribution in [0.1, 0.15) is 61.3 Å². The van der Waals surface area contributed by atoms with E-state index >= 15 is 0 Å². The van der Waals surface area contributed by atoms with Crippen LogP contribution in [0.15, 0.2) is 18.5 Å². The second-order valence-corrected chi connectivity index (χ2v) is 8.65. The Balaban J connectivity index is 1.87. The standard InChI is InChI=1S/C20H23ClN6O2/c1-9-13-11(21)6-10(19(28)29-5)7-12(13)25-15(9)16-14-17(22)23-8-24-18(14)27(26-16)20(2,3)4/h6-9,15,25H,1-5H3,(H2,22,23,24). The molecule has 0 aliphatic carbocycles. The number of ether oxygens (including phenoxy) is 1. The zero-order valence-electron chi connectivity index (χ0n) is 16.9. The summed E-state index contributed by atoms with van der Waals surface area (Å²) in [6.07, 6.45) is 1.45. The van der Waals surface area contributed by atoms with E-state index in [1.807, 2.05) is 4.68 Å². The number of nitrogen functional groups attached to an aromatic ring is 1. The minimum absolute atomic E-state index is 0.00433. The largest absolute Gasteiger partial charge is 0.465 e. The van der Waals surface area contributed by atoms with Gasteiger partial charge in [0.25, 0.3) is 0 Å². The van der Waals surface area contributed by atoms with Crippen molar-refractivity contribution in [3.8, 4) is 0 Å². The Morgan fingerprint density at radius 2 is 2.03 bits per heavy atom. The maximum absolute atomic E-state index is 12.0. The van der Waals surface area contributed by atoms with Gasteiger partial charge < -0.3 is 15.8 Å². The van der Waals surface area contributed by atoms with Crippen LogP contribution in [0.4, 0.5) is 11.5 Å². The molecule has 2 aromatic heterocycles. The molecule has 2 unspecified atom stereocenters. The summed E-state index contributed by atoms with van der Waals surface area (Å²) in [5.41, 5.74) is 9.48. The lowest BCUT2D eigenvalue weighted by molar-refractivity contribution is 0.0601. The number of nitrogens with zero attached hydrogens (tertiary/aromatic N) is 4. The van der Waals surface area contributed by atoms with Gasteiger partial charge in [0, 0.05) is 16.6 Å². The third-order valence-corrected chi connectivity index (χ3v) is 5.58. The van der Waals surface area contributed by atoms with Crippen molar-refractivity contribution >= 4 is 40.1 Å². The first-order chi connectivity index (χ1) is 13.6. The van der Waals surface area contributed by atoms with Crippen LogP contribution in [0, 0.1) is 0 Å². The third kappa shape index (κ3) is 2.98. The summed E-state index contributed by atoms with van der Waals surface area (Å²) in [7, 11) is 1.34. The quantitative estimate of drug-likeness (QED) is 0.612. The molecule has 8 nitrogen and oxygen atoms in total. The van der Waals surface area contributed by atoms with Crippen LogP contribution in [-0.2, 0) is 10.3 Å². The number of nitrogens with two attached hydrogens (primary N) is 1. The monoisotopic (exact) mass is 414 g/mol. The van der Waals surface area contributed by atoms with Crippen LogP contribution in [0.2, 0.25) is 5.02 Å². The second kappa shape index (κ2) is 6.59.